The zero-order valence-corrected chi connectivity index (χ0v) is 19.8. The highest BCUT2D eigenvalue weighted by atomic mass is 16.5. The summed E-state index contributed by atoms with van der Waals surface area (Å²) in [6.45, 7) is 3.17. The number of ether oxygens (including phenoxy) is 2. The fourth-order valence-corrected chi connectivity index (χ4v) is 3.55. The number of unbranched alkanes of at least 4 members (excludes halogenated alkanes) is 10. The summed E-state index contributed by atoms with van der Waals surface area (Å²) in [7, 11) is 1.61. The van der Waals surface area contributed by atoms with Gasteiger partial charge in [-0.15, -0.1) is 0 Å². The lowest BCUT2D eigenvalue weighted by atomic mass is 10.1. The van der Waals surface area contributed by atoms with Crippen LogP contribution in [0.25, 0.3) is 0 Å². The van der Waals surface area contributed by atoms with Crippen LogP contribution in [0.15, 0.2) is 24.3 Å². The molecule has 0 radical (unpaired) electrons. The van der Waals surface area contributed by atoms with Gasteiger partial charge in [0.15, 0.2) is 0 Å². The molecule has 0 fully saturated rings. The standard InChI is InChI=1S/C26H43NO4/c1-3-4-5-6-7-8-9-10-11-12-15-21-31-26(29)20-16-19-25(28)27-22-23-17-13-14-18-24(23)30-2/h13-14,17-18H,3-12,15-16,19-22H2,1-2H3,(H,27,28). The quantitative estimate of drug-likeness (QED) is 0.204. The minimum Gasteiger partial charge on any atom is -0.496 e. The molecule has 1 N–H and O–H groups in total. The zero-order valence-electron chi connectivity index (χ0n) is 19.8. The number of carbonyl (C=O) groups excluding carboxylic acids is 2. The lowest BCUT2D eigenvalue weighted by Gasteiger charge is -2.09. The van der Waals surface area contributed by atoms with Crippen molar-refractivity contribution in [2.75, 3.05) is 13.7 Å². The molecule has 176 valence electrons. The van der Waals surface area contributed by atoms with Gasteiger partial charge in [-0.3, -0.25) is 9.59 Å². The molecule has 1 aromatic rings. The maximum absolute atomic E-state index is 12.0. The van der Waals surface area contributed by atoms with Crippen LogP contribution in [0.3, 0.4) is 0 Å². The highest BCUT2D eigenvalue weighted by molar-refractivity contribution is 5.77. The van der Waals surface area contributed by atoms with E-state index in [1.165, 1.54) is 57.8 Å². The molecule has 1 rings (SSSR count). The zero-order chi connectivity index (χ0) is 22.6. The van der Waals surface area contributed by atoms with Gasteiger partial charge in [0.2, 0.25) is 5.91 Å². The fourth-order valence-electron chi connectivity index (χ4n) is 3.55. The lowest BCUT2D eigenvalue weighted by molar-refractivity contribution is -0.143. The lowest BCUT2D eigenvalue weighted by Crippen LogP contribution is -2.23. The van der Waals surface area contributed by atoms with E-state index < -0.39 is 0 Å². The topological polar surface area (TPSA) is 64.6 Å². The van der Waals surface area contributed by atoms with Gasteiger partial charge in [-0.05, 0) is 18.9 Å². The smallest absolute Gasteiger partial charge is 0.305 e. The van der Waals surface area contributed by atoms with Crippen LogP contribution in [0.2, 0.25) is 0 Å². The molecule has 31 heavy (non-hydrogen) atoms. The first kappa shape index (κ1) is 27.0. The number of hydrogen-bond acceptors (Lipinski definition) is 4. The molecule has 0 spiro atoms. The monoisotopic (exact) mass is 433 g/mol. The molecule has 0 aliphatic carbocycles. The van der Waals surface area contributed by atoms with Gasteiger partial charge in [-0.25, -0.2) is 0 Å². The first-order valence-electron chi connectivity index (χ1n) is 12.2. The number of methoxy groups -OCH3 is 1. The van der Waals surface area contributed by atoms with Gasteiger partial charge < -0.3 is 14.8 Å². The number of para-hydroxylation sites is 1. The Morgan fingerprint density at radius 1 is 0.806 bits per heavy atom. The summed E-state index contributed by atoms with van der Waals surface area (Å²) in [6.07, 6.45) is 15.2. The number of rotatable bonds is 19. The van der Waals surface area contributed by atoms with Crippen molar-refractivity contribution >= 4 is 11.9 Å². The van der Waals surface area contributed by atoms with Crippen LogP contribution >= 0.6 is 0 Å². The number of carbonyl (C=O) groups is 2. The van der Waals surface area contributed by atoms with Crippen molar-refractivity contribution < 1.29 is 19.1 Å². The first-order chi connectivity index (χ1) is 15.2. The van der Waals surface area contributed by atoms with Crippen molar-refractivity contribution in [1.82, 2.24) is 5.32 Å². The Morgan fingerprint density at radius 3 is 2.06 bits per heavy atom. The van der Waals surface area contributed by atoms with Crippen molar-refractivity contribution in [2.24, 2.45) is 0 Å². The summed E-state index contributed by atoms with van der Waals surface area (Å²) in [4.78, 5) is 23.8. The van der Waals surface area contributed by atoms with Crippen molar-refractivity contribution in [2.45, 2.75) is 103 Å². The maximum atomic E-state index is 12.0. The molecule has 5 heteroatoms. The minimum absolute atomic E-state index is 0.0657. The van der Waals surface area contributed by atoms with Crippen molar-refractivity contribution in [3.63, 3.8) is 0 Å². The van der Waals surface area contributed by atoms with E-state index in [4.69, 9.17) is 9.47 Å². The van der Waals surface area contributed by atoms with E-state index in [1.807, 2.05) is 24.3 Å². The molecule has 0 aromatic heterocycles. The molecule has 0 saturated carbocycles. The molecule has 0 saturated heterocycles. The van der Waals surface area contributed by atoms with Crippen LogP contribution in [0, 0.1) is 0 Å². The predicted octanol–water partition coefficient (Wildman–Crippen LogP) is 6.34. The summed E-state index contributed by atoms with van der Waals surface area (Å²) in [5.41, 5.74) is 0.935. The van der Waals surface area contributed by atoms with E-state index in [-0.39, 0.29) is 11.9 Å². The van der Waals surface area contributed by atoms with Gasteiger partial charge in [0.05, 0.1) is 13.7 Å². The van der Waals surface area contributed by atoms with E-state index in [9.17, 15) is 9.59 Å². The Morgan fingerprint density at radius 2 is 1.42 bits per heavy atom. The largest absolute Gasteiger partial charge is 0.496 e. The second kappa shape index (κ2) is 18.7. The third-order valence-corrected chi connectivity index (χ3v) is 5.46. The normalized spacial score (nSPS) is 10.6. The molecule has 0 aliphatic heterocycles. The van der Waals surface area contributed by atoms with Gasteiger partial charge in [-0.2, -0.15) is 0 Å². The molecule has 0 atom stereocenters. The number of benzene rings is 1. The Hall–Kier alpha value is -2.04. The fraction of sp³-hybridized carbons (Fsp3) is 0.692. The van der Waals surface area contributed by atoms with E-state index in [0.29, 0.717) is 32.4 Å². The molecule has 1 amide bonds. The van der Waals surface area contributed by atoms with Crippen LogP contribution in [0.4, 0.5) is 0 Å². The van der Waals surface area contributed by atoms with E-state index in [0.717, 1.165) is 24.2 Å². The number of esters is 1. The molecule has 0 unspecified atom stereocenters. The Kier molecular flexibility index (Phi) is 16.3. The van der Waals surface area contributed by atoms with Crippen molar-refractivity contribution in [3.8, 4) is 5.75 Å². The number of nitrogens with one attached hydrogen (secondary N) is 1. The second-order valence-electron chi connectivity index (χ2n) is 8.20. The summed E-state index contributed by atoms with van der Waals surface area (Å²) < 4.78 is 10.6. The van der Waals surface area contributed by atoms with Crippen molar-refractivity contribution in [1.29, 1.82) is 0 Å². The van der Waals surface area contributed by atoms with Gasteiger partial charge in [0.1, 0.15) is 5.75 Å². The highest BCUT2D eigenvalue weighted by Crippen LogP contribution is 2.16. The maximum Gasteiger partial charge on any atom is 0.305 e. The number of hydrogen-bond donors (Lipinski definition) is 1. The van der Waals surface area contributed by atoms with Crippen LogP contribution in [0.1, 0.15) is 102 Å². The minimum atomic E-state index is -0.204. The average molecular weight is 434 g/mol. The predicted molar refractivity (Wildman–Crippen MR) is 126 cm³/mol. The highest BCUT2D eigenvalue weighted by Gasteiger charge is 2.08. The van der Waals surface area contributed by atoms with Gasteiger partial charge in [0.25, 0.3) is 0 Å². The van der Waals surface area contributed by atoms with Gasteiger partial charge in [0, 0.05) is 24.9 Å². The molecular formula is C26H43NO4. The SMILES string of the molecule is CCCCCCCCCCCCCOC(=O)CCCC(=O)NCc1ccccc1OC. The second-order valence-corrected chi connectivity index (χ2v) is 8.20. The summed E-state index contributed by atoms with van der Waals surface area (Å²) in [6, 6.07) is 7.60. The first-order valence-corrected chi connectivity index (χ1v) is 12.2. The molecule has 1 aromatic carbocycles. The summed E-state index contributed by atoms with van der Waals surface area (Å²) >= 11 is 0. The average Bonchev–Trinajstić information content (AvgIpc) is 2.78. The van der Waals surface area contributed by atoms with E-state index >= 15 is 0 Å². The molecule has 0 aliphatic rings. The van der Waals surface area contributed by atoms with Crippen LogP contribution in [0.5, 0.6) is 5.75 Å². The summed E-state index contributed by atoms with van der Waals surface area (Å²) in [5, 5.41) is 2.87. The molecule has 0 bridgehead atoms. The molecule has 0 heterocycles. The van der Waals surface area contributed by atoms with Gasteiger partial charge >= 0.3 is 5.97 Å². The Labute approximate surface area is 189 Å². The van der Waals surface area contributed by atoms with E-state index in [1.54, 1.807) is 7.11 Å². The van der Waals surface area contributed by atoms with Crippen molar-refractivity contribution in [3.05, 3.63) is 29.8 Å². The third kappa shape index (κ3) is 14.6. The Balaban J connectivity index is 1.92. The van der Waals surface area contributed by atoms with Gasteiger partial charge in [-0.1, -0.05) is 89.3 Å². The third-order valence-electron chi connectivity index (χ3n) is 5.46. The molecular weight excluding hydrogens is 390 g/mol. The van der Waals surface area contributed by atoms with Crippen LogP contribution < -0.4 is 10.1 Å². The summed E-state index contributed by atoms with van der Waals surface area (Å²) in [5.74, 6) is 0.488. The van der Waals surface area contributed by atoms with E-state index in [2.05, 4.69) is 12.2 Å². The Bertz CT molecular complexity index is 603. The number of amides is 1. The molecule has 5 nitrogen and oxygen atoms in total. The van der Waals surface area contributed by atoms with Crippen LogP contribution in [-0.4, -0.2) is 25.6 Å². The van der Waals surface area contributed by atoms with Crippen LogP contribution in [-0.2, 0) is 20.9 Å².